The van der Waals surface area contributed by atoms with Crippen molar-refractivity contribution in [1.29, 1.82) is 0 Å². The number of hydrogen-bond acceptors (Lipinski definition) is 4. The Labute approximate surface area is 153 Å². The molecule has 1 saturated carbocycles. The van der Waals surface area contributed by atoms with E-state index in [0.717, 1.165) is 12.8 Å². The molecule has 0 aromatic carbocycles. The largest absolute Gasteiger partial charge is 0.336 e. The van der Waals surface area contributed by atoms with E-state index in [1.54, 1.807) is 0 Å². The standard InChI is InChI=1S/C21H23NO4/c1-13-17(5-3-4-16-10-11-21(13,16)2)14-6-7-15(12-14)20(25)26-22-18(23)8-9-19(22)24/h3-5,10-11,14-15H,6-9,12H2,1-2H3/t14?,15?,21-/m0/s1. The number of rotatable bonds is 3. The van der Waals surface area contributed by atoms with E-state index in [2.05, 4.69) is 44.2 Å². The summed E-state index contributed by atoms with van der Waals surface area (Å²) < 4.78 is 0. The number of fused-ring (bicyclic) bond motifs is 1. The number of hydrogen-bond donors (Lipinski definition) is 0. The Kier molecular flexibility index (Phi) is 3.98. The summed E-state index contributed by atoms with van der Waals surface area (Å²) in [5.74, 6) is -1.28. The van der Waals surface area contributed by atoms with Gasteiger partial charge in [0.15, 0.2) is 0 Å². The molecule has 0 N–H and O–H groups in total. The van der Waals surface area contributed by atoms with Gasteiger partial charge in [-0.2, -0.15) is 0 Å². The normalized spacial score (nSPS) is 33.2. The lowest BCUT2D eigenvalue weighted by Gasteiger charge is -2.37. The van der Waals surface area contributed by atoms with Crippen molar-refractivity contribution in [2.45, 2.75) is 46.0 Å². The number of imide groups is 1. The summed E-state index contributed by atoms with van der Waals surface area (Å²) in [4.78, 5) is 40.8. The molecule has 0 spiro atoms. The number of carbonyl (C=O) groups excluding carboxylic acids is 3. The van der Waals surface area contributed by atoms with Gasteiger partial charge in [0.05, 0.1) is 5.92 Å². The molecule has 2 amide bonds. The highest BCUT2D eigenvalue weighted by Gasteiger charge is 2.41. The summed E-state index contributed by atoms with van der Waals surface area (Å²) in [6.07, 6.45) is 13.4. The lowest BCUT2D eigenvalue weighted by molar-refractivity contribution is -0.200. The lowest BCUT2D eigenvalue weighted by atomic mass is 9.66. The number of allylic oxidation sites excluding steroid dienone is 8. The molecule has 2 unspecified atom stereocenters. The Bertz CT molecular complexity index is 800. The van der Waals surface area contributed by atoms with Crippen molar-refractivity contribution in [3.8, 4) is 0 Å². The molecular formula is C21H23NO4. The second kappa shape index (κ2) is 6.08. The quantitative estimate of drug-likeness (QED) is 0.730. The van der Waals surface area contributed by atoms with Crippen LogP contribution >= 0.6 is 0 Å². The molecule has 5 heteroatoms. The maximum absolute atomic E-state index is 12.4. The zero-order chi connectivity index (χ0) is 18.5. The summed E-state index contributed by atoms with van der Waals surface area (Å²) in [6.45, 7) is 4.40. The van der Waals surface area contributed by atoms with Gasteiger partial charge in [-0.3, -0.25) is 9.59 Å². The van der Waals surface area contributed by atoms with Gasteiger partial charge in [0.25, 0.3) is 11.8 Å². The van der Waals surface area contributed by atoms with E-state index in [-0.39, 0.29) is 24.2 Å². The Balaban J connectivity index is 1.46. The maximum atomic E-state index is 12.4. The fourth-order valence-electron chi connectivity index (χ4n) is 4.42. The molecule has 1 heterocycles. The van der Waals surface area contributed by atoms with Gasteiger partial charge in [0.2, 0.25) is 0 Å². The lowest BCUT2D eigenvalue weighted by Crippen LogP contribution is -2.34. The Hall–Kier alpha value is -2.43. The van der Waals surface area contributed by atoms with E-state index in [1.807, 2.05) is 0 Å². The van der Waals surface area contributed by atoms with Crippen molar-refractivity contribution in [2.75, 3.05) is 0 Å². The van der Waals surface area contributed by atoms with Gasteiger partial charge in [-0.05, 0) is 50.2 Å². The Morgan fingerprint density at radius 3 is 2.58 bits per heavy atom. The van der Waals surface area contributed by atoms with Crippen LogP contribution in [0.25, 0.3) is 0 Å². The smallest absolute Gasteiger partial charge is 0.330 e. The number of nitrogens with zero attached hydrogens (tertiary/aromatic N) is 1. The summed E-state index contributed by atoms with van der Waals surface area (Å²) in [5, 5.41) is 0.655. The van der Waals surface area contributed by atoms with E-state index >= 15 is 0 Å². The van der Waals surface area contributed by atoms with Crippen molar-refractivity contribution < 1.29 is 19.2 Å². The van der Waals surface area contributed by atoms with Gasteiger partial charge in [-0.15, -0.1) is 5.06 Å². The van der Waals surface area contributed by atoms with Crippen molar-refractivity contribution in [2.24, 2.45) is 17.3 Å². The third kappa shape index (κ3) is 2.57. The van der Waals surface area contributed by atoms with Crippen LogP contribution in [-0.2, 0) is 19.2 Å². The fourth-order valence-corrected chi connectivity index (χ4v) is 4.42. The molecule has 1 saturated heterocycles. The van der Waals surface area contributed by atoms with Crippen LogP contribution in [0.2, 0.25) is 0 Å². The highest BCUT2D eigenvalue weighted by molar-refractivity contribution is 6.01. The highest BCUT2D eigenvalue weighted by Crippen LogP contribution is 2.50. The molecule has 136 valence electrons. The summed E-state index contributed by atoms with van der Waals surface area (Å²) in [5.41, 5.74) is 3.95. The average molecular weight is 353 g/mol. The van der Waals surface area contributed by atoms with Gasteiger partial charge >= 0.3 is 5.97 Å². The summed E-state index contributed by atoms with van der Waals surface area (Å²) >= 11 is 0. The Morgan fingerprint density at radius 1 is 1.19 bits per heavy atom. The van der Waals surface area contributed by atoms with Gasteiger partial charge in [0, 0.05) is 18.3 Å². The molecule has 3 aliphatic carbocycles. The minimum absolute atomic E-state index is 0.00812. The zero-order valence-corrected chi connectivity index (χ0v) is 15.2. The third-order valence-electron chi connectivity index (χ3n) is 6.35. The van der Waals surface area contributed by atoms with Crippen LogP contribution in [0.4, 0.5) is 0 Å². The first-order valence-corrected chi connectivity index (χ1v) is 9.27. The van der Waals surface area contributed by atoms with Gasteiger partial charge in [0.1, 0.15) is 0 Å². The number of carbonyl (C=O) groups is 3. The van der Waals surface area contributed by atoms with E-state index in [0.29, 0.717) is 17.4 Å². The molecule has 0 radical (unpaired) electrons. The van der Waals surface area contributed by atoms with Crippen LogP contribution in [0.15, 0.2) is 47.1 Å². The molecule has 0 aromatic heterocycles. The predicted molar refractivity (Wildman–Crippen MR) is 95.2 cm³/mol. The SMILES string of the molecule is CC1=C(C2CCC(C(=O)ON3C(=O)CCC3=O)C2)C=CC=C2C=C[C@]21C. The van der Waals surface area contributed by atoms with Crippen LogP contribution < -0.4 is 0 Å². The maximum Gasteiger partial charge on any atom is 0.336 e. The fraction of sp³-hybridized carbons (Fsp3) is 0.476. The average Bonchev–Trinajstić information content (AvgIpc) is 3.20. The monoisotopic (exact) mass is 353 g/mol. The molecule has 0 bridgehead atoms. The van der Waals surface area contributed by atoms with Crippen molar-refractivity contribution in [3.05, 3.63) is 47.1 Å². The molecular weight excluding hydrogens is 330 g/mol. The molecule has 4 aliphatic rings. The molecule has 26 heavy (non-hydrogen) atoms. The number of hydroxylamine groups is 2. The first kappa shape index (κ1) is 17.0. The molecule has 2 fully saturated rings. The predicted octanol–water partition coefficient (Wildman–Crippen LogP) is 3.40. The molecule has 5 nitrogen and oxygen atoms in total. The third-order valence-corrected chi connectivity index (χ3v) is 6.35. The first-order chi connectivity index (χ1) is 12.4. The first-order valence-electron chi connectivity index (χ1n) is 9.27. The zero-order valence-electron chi connectivity index (χ0n) is 15.2. The van der Waals surface area contributed by atoms with Crippen molar-refractivity contribution >= 4 is 17.8 Å². The van der Waals surface area contributed by atoms with Gasteiger partial charge < -0.3 is 4.84 Å². The van der Waals surface area contributed by atoms with E-state index < -0.39 is 17.8 Å². The highest BCUT2D eigenvalue weighted by atomic mass is 16.7. The van der Waals surface area contributed by atoms with E-state index in [4.69, 9.17) is 4.84 Å². The van der Waals surface area contributed by atoms with Crippen LogP contribution in [0.3, 0.4) is 0 Å². The van der Waals surface area contributed by atoms with Gasteiger partial charge in [-0.25, -0.2) is 4.79 Å². The molecule has 0 aromatic rings. The minimum Gasteiger partial charge on any atom is -0.330 e. The second-order valence-electron chi connectivity index (χ2n) is 7.80. The van der Waals surface area contributed by atoms with Crippen LogP contribution in [0.5, 0.6) is 0 Å². The van der Waals surface area contributed by atoms with E-state index in [1.165, 1.54) is 16.7 Å². The second-order valence-corrected chi connectivity index (χ2v) is 7.80. The molecule has 4 rings (SSSR count). The molecule has 3 atom stereocenters. The van der Waals surface area contributed by atoms with Gasteiger partial charge in [-0.1, -0.05) is 36.0 Å². The van der Waals surface area contributed by atoms with Crippen molar-refractivity contribution in [1.82, 2.24) is 5.06 Å². The van der Waals surface area contributed by atoms with Crippen LogP contribution in [-0.4, -0.2) is 22.8 Å². The van der Waals surface area contributed by atoms with Crippen molar-refractivity contribution in [3.63, 3.8) is 0 Å². The topological polar surface area (TPSA) is 63.7 Å². The van der Waals surface area contributed by atoms with Crippen LogP contribution in [0, 0.1) is 17.3 Å². The van der Waals surface area contributed by atoms with Crippen LogP contribution in [0.1, 0.15) is 46.0 Å². The Morgan fingerprint density at radius 2 is 1.92 bits per heavy atom. The summed E-state index contributed by atoms with van der Waals surface area (Å²) in [6, 6.07) is 0. The summed E-state index contributed by atoms with van der Waals surface area (Å²) in [7, 11) is 0. The minimum atomic E-state index is -0.458. The number of amides is 2. The molecule has 1 aliphatic heterocycles. The van der Waals surface area contributed by atoms with E-state index in [9.17, 15) is 14.4 Å².